The summed E-state index contributed by atoms with van der Waals surface area (Å²) >= 11 is 0. The summed E-state index contributed by atoms with van der Waals surface area (Å²) in [7, 11) is 3.68. The van der Waals surface area contributed by atoms with Gasteiger partial charge in [0.2, 0.25) is 0 Å². The molecule has 0 aromatic carbocycles. The summed E-state index contributed by atoms with van der Waals surface area (Å²) in [4.78, 5) is 14.5. The first kappa shape index (κ1) is 16.1. The molecule has 0 saturated heterocycles. The summed E-state index contributed by atoms with van der Waals surface area (Å²) in [5, 5.41) is 4.14. The van der Waals surface area contributed by atoms with Gasteiger partial charge in [0.05, 0.1) is 24.6 Å². The zero-order valence-corrected chi connectivity index (χ0v) is 14.5. The lowest BCUT2D eigenvalue weighted by molar-refractivity contribution is 0.0784. The number of hydrogen-bond donors (Lipinski definition) is 0. The third-order valence-corrected chi connectivity index (χ3v) is 4.22. The fourth-order valence-electron chi connectivity index (χ4n) is 2.92. The first-order chi connectivity index (χ1) is 11.5. The molecule has 3 aromatic heterocycles. The van der Waals surface area contributed by atoms with Crippen molar-refractivity contribution in [1.29, 1.82) is 0 Å². The SMILES string of the molecule is Cc1cc(C(=O)N(C)Cc2cnn(C)c2)c(C)n1Cc1ccco1. The lowest BCUT2D eigenvalue weighted by atomic mass is 10.2. The van der Waals surface area contributed by atoms with Crippen molar-refractivity contribution in [2.24, 2.45) is 7.05 Å². The number of aromatic nitrogens is 3. The molecule has 6 nitrogen and oxygen atoms in total. The summed E-state index contributed by atoms with van der Waals surface area (Å²) in [6, 6.07) is 5.76. The Bertz CT molecular complexity index is 843. The Morgan fingerprint density at radius 3 is 2.79 bits per heavy atom. The molecule has 0 aliphatic carbocycles. The van der Waals surface area contributed by atoms with Crippen LogP contribution in [0, 0.1) is 13.8 Å². The maximum absolute atomic E-state index is 12.8. The van der Waals surface area contributed by atoms with E-state index in [4.69, 9.17) is 4.42 Å². The van der Waals surface area contributed by atoms with Crippen molar-refractivity contribution in [2.45, 2.75) is 26.9 Å². The molecule has 0 atom stereocenters. The highest BCUT2D eigenvalue weighted by Crippen LogP contribution is 2.19. The Morgan fingerprint density at radius 2 is 2.17 bits per heavy atom. The van der Waals surface area contributed by atoms with E-state index in [1.807, 2.05) is 52.3 Å². The molecule has 0 bridgehead atoms. The molecule has 0 N–H and O–H groups in total. The van der Waals surface area contributed by atoms with Crippen LogP contribution in [0.5, 0.6) is 0 Å². The number of amides is 1. The van der Waals surface area contributed by atoms with E-state index in [0.717, 1.165) is 28.3 Å². The number of carbonyl (C=O) groups excluding carboxylic acids is 1. The number of hydrogen-bond acceptors (Lipinski definition) is 3. The molecule has 6 heteroatoms. The molecule has 0 radical (unpaired) electrons. The van der Waals surface area contributed by atoms with E-state index in [1.54, 1.807) is 22.0 Å². The Balaban J connectivity index is 1.79. The third kappa shape index (κ3) is 3.13. The monoisotopic (exact) mass is 326 g/mol. The van der Waals surface area contributed by atoms with Gasteiger partial charge in [-0.05, 0) is 32.0 Å². The van der Waals surface area contributed by atoms with Crippen LogP contribution >= 0.6 is 0 Å². The molecular formula is C18H22N4O2. The maximum Gasteiger partial charge on any atom is 0.255 e. The highest BCUT2D eigenvalue weighted by Gasteiger charge is 2.20. The largest absolute Gasteiger partial charge is 0.467 e. The van der Waals surface area contributed by atoms with E-state index < -0.39 is 0 Å². The minimum Gasteiger partial charge on any atom is -0.467 e. The molecule has 3 rings (SSSR count). The van der Waals surface area contributed by atoms with E-state index in [9.17, 15) is 4.79 Å². The van der Waals surface area contributed by atoms with Crippen molar-refractivity contribution in [3.05, 3.63) is 65.1 Å². The van der Waals surface area contributed by atoms with Gasteiger partial charge in [0.1, 0.15) is 5.76 Å². The zero-order chi connectivity index (χ0) is 17.3. The molecule has 24 heavy (non-hydrogen) atoms. The minimum atomic E-state index is 0.0117. The van der Waals surface area contributed by atoms with Crippen LogP contribution < -0.4 is 0 Å². The average molecular weight is 326 g/mol. The molecule has 3 heterocycles. The van der Waals surface area contributed by atoms with Gasteiger partial charge in [-0.3, -0.25) is 9.48 Å². The Kier molecular flexibility index (Phi) is 4.29. The third-order valence-electron chi connectivity index (χ3n) is 4.22. The predicted molar refractivity (Wildman–Crippen MR) is 90.7 cm³/mol. The molecule has 0 aliphatic rings. The van der Waals surface area contributed by atoms with Crippen LogP contribution in [0.2, 0.25) is 0 Å². The highest BCUT2D eigenvalue weighted by atomic mass is 16.3. The highest BCUT2D eigenvalue weighted by molar-refractivity contribution is 5.95. The second-order valence-electron chi connectivity index (χ2n) is 6.13. The normalized spacial score (nSPS) is 11.0. The molecule has 3 aromatic rings. The summed E-state index contributed by atoms with van der Waals surface area (Å²) in [5.41, 5.74) is 3.73. The second-order valence-corrected chi connectivity index (χ2v) is 6.13. The predicted octanol–water partition coefficient (Wildman–Crippen LogP) is 2.75. The number of rotatable bonds is 5. The van der Waals surface area contributed by atoms with Gasteiger partial charge in [0.15, 0.2) is 0 Å². The van der Waals surface area contributed by atoms with Crippen molar-refractivity contribution >= 4 is 5.91 Å². The lowest BCUT2D eigenvalue weighted by Gasteiger charge is -2.16. The van der Waals surface area contributed by atoms with Crippen LogP contribution in [0.15, 0.2) is 41.3 Å². The van der Waals surface area contributed by atoms with Crippen molar-refractivity contribution in [1.82, 2.24) is 19.2 Å². The summed E-state index contributed by atoms with van der Waals surface area (Å²) in [5.74, 6) is 0.886. The number of nitrogens with zero attached hydrogens (tertiary/aromatic N) is 4. The standard InChI is InChI=1S/C18H22N4O2/c1-13-8-17(14(2)22(13)12-16-6-5-7-24-16)18(23)20(3)10-15-9-19-21(4)11-15/h5-9,11H,10,12H2,1-4H3. The Morgan fingerprint density at radius 1 is 1.38 bits per heavy atom. The van der Waals surface area contributed by atoms with Crippen LogP contribution in [0.4, 0.5) is 0 Å². The maximum atomic E-state index is 12.8. The lowest BCUT2D eigenvalue weighted by Crippen LogP contribution is -2.26. The van der Waals surface area contributed by atoms with Crippen LogP contribution in [-0.4, -0.2) is 32.2 Å². The first-order valence-corrected chi connectivity index (χ1v) is 7.88. The van der Waals surface area contributed by atoms with Gasteiger partial charge in [-0.25, -0.2) is 0 Å². The summed E-state index contributed by atoms with van der Waals surface area (Å²) in [6.07, 6.45) is 5.37. The first-order valence-electron chi connectivity index (χ1n) is 7.88. The molecular weight excluding hydrogens is 304 g/mol. The quantitative estimate of drug-likeness (QED) is 0.724. The van der Waals surface area contributed by atoms with Gasteiger partial charge in [-0.2, -0.15) is 5.10 Å². The van der Waals surface area contributed by atoms with E-state index in [2.05, 4.69) is 9.67 Å². The molecule has 0 unspecified atom stereocenters. The average Bonchev–Trinajstić information content (AvgIpc) is 3.25. The fraction of sp³-hybridized carbons (Fsp3) is 0.333. The molecule has 0 saturated carbocycles. The van der Waals surface area contributed by atoms with Crippen LogP contribution in [0.25, 0.3) is 0 Å². The Labute approximate surface area is 141 Å². The van der Waals surface area contributed by atoms with Crippen LogP contribution in [0.1, 0.15) is 33.1 Å². The molecule has 0 aliphatic heterocycles. The van der Waals surface area contributed by atoms with Gasteiger partial charge in [0.25, 0.3) is 5.91 Å². The Hall–Kier alpha value is -2.76. The van der Waals surface area contributed by atoms with Gasteiger partial charge in [-0.1, -0.05) is 0 Å². The van der Waals surface area contributed by atoms with E-state index >= 15 is 0 Å². The summed E-state index contributed by atoms with van der Waals surface area (Å²) < 4.78 is 9.26. The second kappa shape index (κ2) is 6.39. The van der Waals surface area contributed by atoms with E-state index in [1.165, 1.54) is 0 Å². The van der Waals surface area contributed by atoms with Crippen molar-refractivity contribution in [3.8, 4) is 0 Å². The molecule has 1 amide bonds. The van der Waals surface area contributed by atoms with Gasteiger partial charge in [-0.15, -0.1) is 0 Å². The minimum absolute atomic E-state index is 0.0117. The van der Waals surface area contributed by atoms with Gasteiger partial charge >= 0.3 is 0 Å². The van der Waals surface area contributed by atoms with E-state index in [-0.39, 0.29) is 5.91 Å². The van der Waals surface area contributed by atoms with Gasteiger partial charge < -0.3 is 13.9 Å². The molecule has 0 spiro atoms. The zero-order valence-electron chi connectivity index (χ0n) is 14.5. The smallest absolute Gasteiger partial charge is 0.255 e. The van der Waals surface area contributed by atoms with Crippen LogP contribution in [-0.2, 0) is 20.1 Å². The molecule has 0 fully saturated rings. The van der Waals surface area contributed by atoms with E-state index in [0.29, 0.717) is 13.1 Å². The van der Waals surface area contributed by atoms with Crippen molar-refractivity contribution in [2.75, 3.05) is 7.05 Å². The van der Waals surface area contributed by atoms with Crippen molar-refractivity contribution < 1.29 is 9.21 Å². The number of furan rings is 1. The number of carbonyl (C=O) groups is 1. The molecule has 126 valence electrons. The van der Waals surface area contributed by atoms with Crippen molar-refractivity contribution in [3.63, 3.8) is 0 Å². The van der Waals surface area contributed by atoms with Crippen LogP contribution in [0.3, 0.4) is 0 Å². The topological polar surface area (TPSA) is 56.2 Å². The summed E-state index contributed by atoms with van der Waals surface area (Å²) in [6.45, 7) is 5.15. The number of aryl methyl sites for hydroxylation is 2. The fourth-order valence-corrected chi connectivity index (χ4v) is 2.92. The van der Waals surface area contributed by atoms with Gasteiger partial charge in [0, 0.05) is 43.8 Å².